The Morgan fingerprint density at radius 2 is 2.00 bits per heavy atom. The second-order valence-corrected chi connectivity index (χ2v) is 9.58. The number of benzene rings is 2. The molecule has 0 unspecified atom stereocenters. The first-order valence-electron chi connectivity index (χ1n) is 11.9. The Morgan fingerprint density at radius 1 is 1.17 bits per heavy atom. The molecule has 1 atom stereocenters. The number of rotatable bonds is 7. The molecule has 0 spiro atoms. The van der Waals surface area contributed by atoms with Crippen molar-refractivity contribution < 1.29 is 18.7 Å². The minimum atomic E-state index is -0.259. The summed E-state index contributed by atoms with van der Waals surface area (Å²) in [5, 5.41) is 2.50. The van der Waals surface area contributed by atoms with Gasteiger partial charge in [-0.15, -0.1) is 11.3 Å². The van der Waals surface area contributed by atoms with Crippen LogP contribution in [-0.2, 0) is 13.0 Å². The average molecular weight is 502 g/mol. The van der Waals surface area contributed by atoms with Gasteiger partial charge in [0.1, 0.15) is 23.1 Å². The zero-order chi connectivity index (χ0) is 25.1. The van der Waals surface area contributed by atoms with E-state index >= 15 is 0 Å². The fourth-order valence-corrected chi connectivity index (χ4v) is 5.08. The summed E-state index contributed by atoms with van der Waals surface area (Å²) in [6, 6.07) is 19.2. The lowest BCUT2D eigenvalue weighted by Crippen LogP contribution is -2.40. The highest BCUT2D eigenvalue weighted by atomic mass is 32.1. The van der Waals surface area contributed by atoms with Crippen LogP contribution in [0.4, 0.5) is 0 Å². The molecule has 0 saturated carbocycles. The molecule has 7 nitrogen and oxygen atoms in total. The van der Waals surface area contributed by atoms with Gasteiger partial charge in [0, 0.05) is 25.5 Å². The predicted molar refractivity (Wildman–Crippen MR) is 137 cm³/mol. The minimum Gasteiger partial charge on any atom is -0.486 e. The highest BCUT2D eigenvalue weighted by molar-refractivity contribution is 7.09. The van der Waals surface area contributed by atoms with Crippen LogP contribution in [0.5, 0.6) is 5.75 Å². The fraction of sp³-hybridized carbons (Fsp3) is 0.250. The third-order valence-electron chi connectivity index (χ3n) is 6.41. The van der Waals surface area contributed by atoms with Crippen molar-refractivity contribution in [1.82, 2.24) is 14.8 Å². The molecule has 2 aromatic heterocycles. The fourth-order valence-electron chi connectivity index (χ4n) is 4.40. The van der Waals surface area contributed by atoms with Gasteiger partial charge in [0.05, 0.1) is 12.3 Å². The molecule has 8 heteroatoms. The molecule has 0 N–H and O–H groups in total. The Kier molecular flexibility index (Phi) is 6.86. The second-order valence-electron chi connectivity index (χ2n) is 8.63. The summed E-state index contributed by atoms with van der Waals surface area (Å²) in [7, 11) is 1.76. The highest BCUT2D eigenvalue weighted by Crippen LogP contribution is 2.38. The van der Waals surface area contributed by atoms with Crippen LogP contribution in [0.25, 0.3) is 0 Å². The molecule has 0 saturated heterocycles. The maximum Gasteiger partial charge on any atom is 0.290 e. The van der Waals surface area contributed by atoms with Crippen molar-refractivity contribution in [3.8, 4) is 5.75 Å². The van der Waals surface area contributed by atoms with Gasteiger partial charge < -0.3 is 19.0 Å². The summed E-state index contributed by atoms with van der Waals surface area (Å²) < 4.78 is 11.5. The number of thiazole rings is 1. The molecule has 4 aromatic rings. The Bertz CT molecular complexity index is 1350. The summed E-state index contributed by atoms with van der Waals surface area (Å²) in [6.45, 7) is 3.40. The van der Waals surface area contributed by atoms with E-state index in [4.69, 9.17) is 9.15 Å². The third-order valence-corrected chi connectivity index (χ3v) is 7.23. The van der Waals surface area contributed by atoms with Gasteiger partial charge in [-0.25, -0.2) is 4.98 Å². The molecule has 0 aliphatic carbocycles. The summed E-state index contributed by atoms with van der Waals surface area (Å²) >= 11 is 1.41. The molecule has 5 rings (SSSR count). The summed E-state index contributed by atoms with van der Waals surface area (Å²) in [6.07, 6.45) is 2.26. The molecule has 2 amide bonds. The second kappa shape index (κ2) is 10.4. The molecule has 36 heavy (non-hydrogen) atoms. The lowest BCUT2D eigenvalue weighted by atomic mass is 9.87. The van der Waals surface area contributed by atoms with Crippen LogP contribution in [0.2, 0.25) is 0 Å². The highest BCUT2D eigenvalue weighted by Gasteiger charge is 2.34. The third kappa shape index (κ3) is 4.77. The van der Waals surface area contributed by atoms with Crippen LogP contribution < -0.4 is 4.74 Å². The number of furan rings is 1. The van der Waals surface area contributed by atoms with Crippen LogP contribution in [0.3, 0.4) is 0 Å². The quantitative estimate of drug-likeness (QED) is 0.348. The lowest BCUT2D eigenvalue weighted by molar-refractivity contribution is 0.0661. The normalized spacial score (nSPS) is 14.8. The number of nitrogens with zero attached hydrogens (tertiary/aromatic N) is 3. The van der Waals surface area contributed by atoms with Gasteiger partial charge in [0.2, 0.25) is 0 Å². The molecule has 1 aliphatic heterocycles. The zero-order valence-electron chi connectivity index (χ0n) is 20.2. The van der Waals surface area contributed by atoms with E-state index < -0.39 is 0 Å². The average Bonchev–Trinajstić information content (AvgIpc) is 3.63. The van der Waals surface area contributed by atoms with Crippen molar-refractivity contribution in [2.75, 3.05) is 20.1 Å². The number of amides is 2. The SMILES string of the molecule is CCN(C)C(=O)c1csc(COc2ccc3c(c2)[C@@H](c2ccccc2)N(C(=O)c2ccco2)CC3)n1. The number of carbonyl (C=O) groups excluding carboxylic acids is 2. The van der Waals surface area contributed by atoms with Gasteiger partial charge in [-0.3, -0.25) is 9.59 Å². The molecule has 0 fully saturated rings. The van der Waals surface area contributed by atoms with Crippen LogP contribution in [0.15, 0.2) is 76.7 Å². The van der Waals surface area contributed by atoms with Crippen LogP contribution in [0, 0.1) is 0 Å². The number of hydrogen-bond acceptors (Lipinski definition) is 6. The molecular formula is C28H27N3O4S. The molecule has 184 valence electrons. The van der Waals surface area contributed by atoms with Crippen molar-refractivity contribution in [3.63, 3.8) is 0 Å². The maximum atomic E-state index is 13.3. The topological polar surface area (TPSA) is 75.9 Å². The predicted octanol–water partition coefficient (Wildman–Crippen LogP) is 5.19. The van der Waals surface area contributed by atoms with Crippen molar-refractivity contribution in [2.24, 2.45) is 0 Å². The Morgan fingerprint density at radius 3 is 2.75 bits per heavy atom. The van der Waals surface area contributed by atoms with E-state index in [-0.39, 0.29) is 24.5 Å². The first-order valence-corrected chi connectivity index (χ1v) is 12.8. The van der Waals surface area contributed by atoms with E-state index in [9.17, 15) is 9.59 Å². The van der Waals surface area contributed by atoms with Crippen LogP contribution in [-0.4, -0.2) is 46.7 Å². The van der Waals surface area contributed by atoms with E-state index in [0.29, 0.717) is 30.3 Å². The van der Waals surface area contributed by atoms with Gasteiger partial charge in [-0.2, -0.15) is 0 Å². The van der Waals surface area contributed by atoms with Crippen molar-refractivity contribution >= 4 is 23.2 Å². The number of aromatic nitrogens is 1. The molecular weight excluding hydrogens is 474 g/mol. The van der Waals surface area contributed by atoms with Crippen LogP contribution in [0.1, 0.15) is 55.7 Å². The number of hydrogen-bond donors (Lipinski definition) is 0. The van der Waals surface area contributed by atoms with Gasteiger partial charge in [-0.1, -0.05) is 36.4 Å². The summed E-state index contributed by atoms with van der Waals surface area (Å²) in [5.41, 5.74) is 3.68. The Balaban J connectivity index is 1.41. The number of fused-ring (bicyclic) bond motifs is 1. The molecule has 0 bridgehead atoms. The molecule has 2 aromatic carbocycles. The zero-order valence-corrected chi connectivity index (χ0v) is 21.0. The molecule has 3 heterocycles. The minimum absolute atomic E-state index is 0.0965. The summed E-state index contributed by atoms with van der Waals surface area (Å²) in [4.78, 5) is 33.6. The number of carbonyl (C=O) groups is 2. The first-order chi connectivity index (χ1) is 17.5. The largest absolute Gasteiger partial charge is 0.486 e. The van der Waals surface area contributed by atoms with Crippen molar-refractivity contribution in [3.05, 3.63) is 105 Å². The van der Waals surface area contributed by atoms with E-state index in [0.717, 1.165) is 22.6 Å². The van der Waals surface area contributed by atoms with E-state index in [2.05, 4.69) is 11.1 Å². The number of ether oxygens (including phenoxy) is 1. The van der Waals surface area contributed by atoms with Crippen molar-refractivity contribution in [1.29, 1.82) is 0 Å². The van der Waals surface area contributed by atoms with E-state index in [1.54, 1.807) is 29.5 Å². The standard InChI is InChI=1S/C28H27N3O4S/c1-3-30(2)27(32)23-18-36-25(29-23)17-35-21-12-11-19-13-14-31(28(33)24-10-7-15-34-24)26(22(19)16-21)20-8-5-4-6-9-20/h4-12,15-16,18,26H,3,13-14,17H2,1-2H3/t26-/m1/s1. The van der Waals surface area contributed by atoms with Gasteiger partial charge in [0.25, 0.3) is 11.8 Å². The van der Waals surface area contributed by atoms with E-state index in [1.165, 1.54) is 23.2 Å². The van der Waals surface area contributed by atoms with Crippen molar-refractivity contribution in [2.45, 2.75) is 26.0 Å². The lowest BCUT2D eigenvalue weighted by Gasteiger charge is -2.37. The van der Waals surface area contributed by atoms with Crippen LogP contribution >= 0.6 is 11.3 Å². The smallest absolute Gasteiger partial charge is 0.290 e. The monoisotopic (exact) mass is 501 g/mol. The maximum absolute atomic E-state index is 13.3. The van der Waals surface area contributed by atoms with E-state index in [1.807, 2.05) is 54.3 Å². The Labute approximate surface area is 213 Å². The van der Waals surface area contributed by atoms with Gasteiger partial charge in [-0.05, 0) is 54.3 Å². The first kappa shape index (κ1) is 23.8. The Hall–Kier alpha value is -3.91. The molecule has 0 radical (unpaired) electrons. The van der Waals surface area contributed by atoms with Gasteiger partial charge >= 0.3 is 0 Å². The van der Waals surface area contributed by atoms with Gasteiger partial charge in [0.15, 0.2) is 5.76 Å². The molecule has 1 aliphatic rings. The summed E-state index contributed by atoms with van der Waals surface area (Å²) in [5.74, 6) is 0.786.